The van der Waals surface area contributed by atoms with Gasteiger partial charge in [0.15, 0.2) is 0 Å². The first-order valence-electron chi connectivity index (χ1n) is 4.95. The molecule has 4 nitrogen and oxygen atoms in total. The minimum absolute atomic E-state index is 0.0166. The smallest absolute Gasteiger partial charge is 0.210 e. The molecule has 0 heterocycles. The van der Waals surface area contributed by atoms with Crippen molar-refractivity contribution in [3.8, 4) is 0 Å². The van der Waals surface area contributed by atoms with Crippen LogP contribution >= 0.6 is 0 Å². The maximum absolute atomic E-state index is 11.4. The van der Waals surface area contributed by atoms with Gasteiger partial charge in [-0.2, -0.15) is 8.42 Å². The van der Waals surface area contributed by atoms with Crippen LogP contribution in [0.5, 0.6) is 0 Å². The fourth-order valence-corrected chi connectivity index (χ4v) is 1.99. The van der Waals surface area contributed by atoms with Gasteiger partial charge in [-0.1, -0.05) is 30.4 Å². The van der Waals surface area contributed by atoms with E-state index in [1.807, 2.05) is 0 Å². The first-order valence-corrected chi connectivity index (χ1v) is 6.39. The Hall–Kier alpha value is -1.45. The monoisotopic (exact) mass is 239 g/mol. The lowest BCUT2D eigenvalue weighted by atomic mass is 9.99. The molecule has 1 rings (SSSR count). The van der Waals surface area contributed by atoms with Crippen LogP contribution in [0.2, 0.25) is 0 Å². The molecule has 0 N–H and O–H groups in total. The molecule has 0 radical (unpaired) electrons. The van der Waals surface area contributed by atoms with Crippen LogP contribution in [0.4, 0.5) is 0 Å². The molecule has 0 spiro atoms. The van der Waals surface area contributed by atoms with Gasteiger partial charge < -0.3 is 0 Å². The average Bonchev–Trinajstić information content (AvgIpc) is 2.28. The third-order valence-electron chi connectivity index (χ3n) is 2.52. The van der Waals surface area contributed by atoms with Crippen LogP contribution in [0.3, 0.4) is 0 Å². The molecule has 1 unspecified atom stereocenters. The Morgan fingerprint density at radius 1 is 1.31 bits per heavy atom. The van der Waals surface area contributed by atoms with Gasteiger partial charge in [-0.25, -0.2) is 4.79 Å². The largest absolute Gasteiger partial charge is 0.292 e. The van der Waals surface area contributed by atoms with Gasteiger partial charge >= 0.3 is 0 Å². The van der Waals surface area contributed by atoms with Gasteiger partial charge in [0.2, 0.25) is 0 Å². The summed E-state index contributed by atoms with van der Waals surface area (Å²) < 4.78 is 25.5. The van der Waals surface area contributed by atoms with Crippen molar-refractivity contribution in [2.45, 2.75) is 31.1 Å². The van der Waals surface area contributed by atoms with Gasteiger partial charge in [-0.3, -0.25) is 0 Å². The zero-order valence-electron chi connectivity index (χ0n) is 9.17. The summed E-state index contributed by atoms with van der Waals surface area (Å²) in [6.45, 7) is 4.12. The van der Waals surface area contributed by atoms with Crippen LogP contribution in [-0.2, 0) is 14.8 Å². The van der Waals surface area contributed by atoms with Crippen LogP contribution in [-0.4, -0.2) is 14.5 Å². The van der Waals surface area contributed by atoms with E-state index < -0.39 is 10.0 Å². The summed E-state index contributed by atoms with van der Waals surface area (Å²) in [5, 5.41) is 0. The lowest BCUT2D eigenvalue weighted by Crippen LogP contribution is -1.97. The third kappa shape index (κ3) is 2.78. The van der Waals surface area contributed by atoms with Crippen molar-refractivity contribution in [2.24, 2.45) is 4.40 Å². The molecule has 16 heavy (non-hydrogen) atoms. The van der Waals surface area contributed by atoms with E-state index in [9.17, 15) is 13.2 Å². The SMILES string of the molecule is CCC(C)c1ccc(S(=O)(=O)N=C=O)cc1. The number of carbonyl (C=O) groups excluding carboxylic acids is 1. The number of isocyanates is 1. The van der Waals surface area contributed by atoms with Crippen molar-refractivity contribution in [2.75, 3.05) is 0 Å². The summed E-state index contributed by atoms with van der Waals surface area (Å²) in [5.74, 6) is 0.381. The zero-order valence-corrected chi connectivity index (χ0v) is 9.99. The predicted octanol–water partition coefficient (Wildman–Crippen LogP) is 2.22. The van der Waals surface area contributed by atoms with Crippen LogP contribution in [0.25, 0.3) is 0 Å². The van der Waals surface area contributed by atoms with Gasteiger partial charge in [-0.05, 0) is 30.0 Å². The highest BCUT2D eigenvalue weighted by molar-refractivity contribution is 7.90. The number of sulfonamides is 1. The molecule has 0 bridgehead atoms. The summed E-state index contributed by atoms with van der Waals surface area (Å²) in [4.78, 5) is 9.96. The Bertz CT molecular complexity index is 499. The van der Waals surface area contributed by atoms with Crippen LogP contribution in [0, 0.1) is 0 Å². The van der Waals surface area contributed by atoms with Crippen LogP contribution < -0.4 is 0 Å². The molecule has 5 heteroatoms. The second-order valence-electron chi connectivity index (χ2n) is 3.54. The molecule has 0 saturated carbocycles. The molecule has 86 valence electrons. The summed E-state index contributed by atoms with van der Waals surface area (Å²) in [6, 6.07) is 6.39. The highest BCUT2D eigenvalue weighted by Crippen LogP contribution is 2.21. The summed E-state index contributed by atoms with van der Waals surface area (Å²) in [7, 11) is -3.86. The Kier molecular flexibility index (Phi) is 3.99. The lowest BCUT2D eigenvalue weighted by Gasteiger charge is -2.08. The van der Waals surface area contributed by atoms with Crippen LogP contribution in [0.1, 0.15) is 31.7 Å². The van der Waals surface area contributed by atoms with Gasteiger partial charge in [0, 0.05) is 0 Å². The zero-order chi connectivity index (χ0) is 12.2. The molecule has 1 atom stereocenters. The normalized spacial score (nSPS) is 12.9. The molecular weight excluding hydrogens is 226 g/mol. The van der Waals surface area contributed by atoms with E-state index in [0.29, 0.717) is 5.92 Å². The van der Waals surface area contributed by atoms with Crippen molar-refractivity contribution in [1.82, 2.24) is 0 Å². The highest BCUT2D eigenvalue weighted by atomic mass is 32.2. The third-order valence-corrected chi connectivity index (χ3v) is 3.70. The Morgan fingerprint density at radius 3 is 2.31 bits per heavy atom. The lowest BCUT2D eigenvalue weighted by molar-refractivity contribution is 0.563. The topological polar surface area (TPSA) is 63.6 Å². The van der Waals surface area contributed by atoms with Crippen LogP contribution in [0.15, 0.2) is 33.6 Å². The number of hydrogen-bond acceptors (Lipinski definition) is 3. The number of benzene rings is 1. The van der Waals surface area contributed by atoms with Gasteiger partial charge in [0.25, 0.3) is 16.1 Å². The molecule has 0 fully saturated rings. The molecule has 0 aliphatic carbocycles. The molecular formula is C11H13NO3S. The Balaban J connectivity index is 3.09. The van der Waals surface area contributed by atoms with Crippen molar-refractivity contribution >= 4 is 16.1 Å². The predicted molar refractivity (Wildman–Crippen MR) is 60.5 cm³/mol. The minimum Gasteiger partial charge on any atom is -0.210 e. The van der Waals surface area contributed by atoms with Crippen molar-refractivity contribution in [3.63, 3.8) is 0 Å². The summed E-state index contributed by atoms with van der Waals surface area (Å²) in [6.07, 6.45) is 2.03. The molecule has 1 aromatic carbocycles. The number of rotatable bonds is 4. The summed E-state index contributed by atoms with van der Waals surface area (Å²) >= 11 is 0. The van der Waals surface area contributed by atoms with Crippen molar-refractivity contribution in [1.29, 1.82) is 0 Å². The first-order chi connectivity index (χ1) is 7.51. The number of nitrogens with zero attached hydrogens (tertiary/aromatic N) is 1. The summed E-state index contributed by atoms with van der Waals surface area (Å²) in [5.41, 5.74) is 1.07. The average molecular weight is 239 g/mol. The van der Waals surface area contributed by atoms with E-state index in [-0.39, 0.29) is 4.90 Å². The minimum atomic E-state index is -3.86. The number of hydrogen-bond donors (Lipinski definition) is 0. The second kappa shape index (κ2) is 5.05. The van der Waals surface area contributed by atoms with Gasteiger partial charge in [0.1, 0.15) is 0 Å². The van der Waals surface area contributed by atoms with E-state index in [2.05, 4.69) is 18.2 Å². The van der Waals surface area contributed by atoms with Gasteiger partial charge in [0.05, 0.1) is 4.90 Å². The molecule has 0 aliphatic heterocycles. The molecule has 1 aromatic rings. The van der Waals surface area contributed by atoms with Gasteiger partial charge in [-0.15, -0.1) is 0 Å². The maximum atomic E-state index is 11.4. The van der Waals surface area contributed by atoms with Crippen molar-refractivity contribution in [3.05, 3.63) is 29.8 Å². The fourth-order valence-electron chi connectivity index (χ4n) is 1.31. The molecule has 0 aromatic heterocycles. The standard InChI is InChI=1S/C11H13NO3S/c1-3-9(2)10-4-6-11(7-5-10)16(14,15)12-8-13/h4-7,9H,3H2,1-2H3. The molecule has 0 amide bonds. The van der Waals surface area contributed by atoms with E-state index in [1.54, 1.807) is 12.1 Å². The molecule has 0 saturated heterocycles. The maximum Gasteiger partial charge on any atom is 0.292 e. The van der Waals surface area contributed by atoms with E-state index >= 15 is 0 Å². The van der Waals surface area contributed by atoms with E-state index in [1.165, 1.54) is 12.1 Å². The van der Waals surface area contributed by atoms with Crippen molar-refractivity contribution < 1.29 is 13.2 Å². The highest BCUT2D eigenvalue weighted by Gasteiger charge is 2.12. The van der Waals surface area contributed by atoms with E-state index in [4.69, 9.17) is 0 Å². The van der Waals surface area contributed by atoms with E-state index in [0.717, 1.165) is 18.1 Å². The quantitative estimate of drug-likeness (QED) is 0.597. The first kappa shape index (κ1) is 12.6. The Labute approximate surface area is 95.1 Å². The second-order valence-corrected chi connectivity index (χ2v) is 5.14. The molecule has 0 aliphatic rings. The Morgan fingerprint density at radius 2 is 1.88 bits per heavy atom. The fraction of sp³-hybridized carbons (Fsp3) is 0.364.